The summed E-state index contributed by atoms with van der Waals surface area (Å²) in [6.45, 7) is 4.66. The number of aliphatic hydroxyl groups is 3. The molecule has 0 saturated carbocycles. The van der Waals surface area contributed by atoms with Crippen molar-refractivity contribution in [2.45, 2.75) is 51.6 Å². The highest BCUT2D eigenvalue weighted by Crippen LogP contribution is 2.05. The topological polar surface area (TPSA) is 73.2 Å². The molecule has 0 aliphatic carbocycles. The normalized spacial score (nSPS) is 13.1. The van der Waals surface area contributed by atoms with Gasteiger partial charge in [-0.3, -0.25) is 4.90 Å². The molecule has 1 atom stereocenters. The van der Waals surface area contributed by atoms with Crippen LogP contribution in [0.4, 0.5) is 0 Å². The van der Waals surface area contributed by atoms with E-state index in [4.69, 9.17) is 14.9 Å². The van der Waals surface area contributed by atoms with Crippen molar-refractivity contribution in [3.63, 3.8) is 0 Å². The summed E-state index contributed by atoms with van der Waals surface area (Å²) in [5.41, 5.74) is 0. The van der Waals surface area contributed by atoms with Gasteiger partial charge < -0.3 is 20.1 Å². The predicted octanol–water partition coefficient (Wildman–Crippen LogP) is 1.01. The Labute approximate surface area is 123 Å². The Hall–Kier alpha value is -0.200. The molecule has 0 unspecified atom stereocenters. The molecule has 0 fully saturated rings. The number of hydrogen-bond acceptors (Lipinski definition) is 5. The molecule has 0 heterocycles. The number of hydrogen-bond donors (Lipinski definition) is 3. The van der Waals surface area contributed by atoms with E-state index in [2.05, 4.69) is 6.92 Å². The van der Waals surface area contributed by atoms with Crippen LogP contribution < -0.4 is 0 Å². The van der Waals surface area contributed by atoms with E-state index in [1.165, 1.54) is 32.1 Å². The summed E-state index contributed by atoms with van der Waals surface area (Å²) in [5, 5.41) is 27.6. The van der Waals surface area contributed by atoms with Crippen molar-refractivity contribution in [3.05, 3.63) is 0 Å². The summed E-state index contributed by atoms with van der Waals surface area (Å²) in [6.07, 6.45) is 6.82. The van der Waals surface area contributed by atoms with E-state index in [1.807, 2.05) is 4.90 Å². The van der Waals surface area contributed by atoms with Gasteiger partial charge in [0.05, 0.1) is 25.9 Å². The van der Waals surface area contributed by atoms with Crippen LogP contribution in [-0.2, 0) is 4.74 Å². The Morgan fingerprint density at radius 1 is 0.950 bits per heavy atom. The van der Waals surface area contributed by atoms with Crippen LogP contribution in [0, 0.1) is 0 Å². The molecule has 0 aromatic heterocycles. The summed E-state index contributed by atoms with van der Waals surface area (Å²) in [4.78, 5) is 1.83. The summed E-state index contributed by atoms with van der Waals surface area (Å²) < 4.78 is 5.46. The second kappa shape index (κ2) is 15.2. The summed E-state index contributed by atoms with van der Waals surface area (Å²) in [6, 6.07) is 0. The molecule has 0 rings (SSSR count). The van der Waals surface area contributed by atoms with Gasteiger partial charge in [0.15, 0.2) is 0 Å². The first kappa shape index (κ1) is 19.8. The SMILES string of the molecule is CCCCCCCCOC[C@H](O)CN(CCO)CCO. The molecule has 0 bridgehead atoms. The van der Waals surface area contributed by atoms with Gasteiger partial charge in [0.2, 0.25) is 0 Å². The van der Waals surface area contributed by atoms with Gasteiger partial charge in [0.1, 0.15) is 0 Å². The average molecular weight is 291 g/mol. The highest BCUT2D eigenvalue weighted by atomic mass is 16.5. The minimum absolute atomic E-state index is 0.0331. The second-order valence-electron chi connectivity index (χ2n) is 5.24. The van der Waals surface area contributed by atoms with Gasteiger partial charge in [-0.25, -0.2) is 0 Å². The van der Waals surface area contributed by atoms with Crippen molar-refractivity contribution in [1.82, 2.24) is 4.90 Å². The van der Waals surface area contributed by atoms with E-state index in [9.17, 15) is 5.11 Å². The van der Waals surface area contributed by atoms with E-state index in [-0.39, 0.29) is 13.2 Å². The average Bonchev–Trinajstić information content (AvgIpc) is 2.42. The molecule has 0 aromatic carbocycles. The lowest BCUT2D eigenvalue weighted by Gasteiger charge is -2.23. The van der Waals surface area contributed by atoms with Crippen molar-refractivity contribution < 1.29 is 20.1 Å². The third kappa shape index (κ3) is 12.8. The Morgan fingerprint density at radius 2 is 1.55 bits per heavy atom. The van der Waals surface area contributed by atoms with Crippen LogP contribution >= 0.6 is 0 Å². The van der Waals surface area contributed by atoms with Gasteiger partial charge in [-0.15, -0.1) is 0 Å². The second-order valence-corrected chi connectivity index (χ2v) is 5.24. The van der Waals surface area contributed by atoms with E-state index in [0.29, 0.717) is 32.8 Å². The lowest BCUT2D eigenvalue weighted by atomic mass is 10.1. The zero-order valence-corrected chi connectivity index (χ0v) is 13.0. The van der Waals surface area contributed by atoms with E-state index >= 15 is 0 Å². The standard InChI is InChI=1S/C15H33NO4/c1-2-3-4-5-6-7-12-20-14-15(19)13-16(8-10-17)9-11-18/h15,17-19H,2-14H2,1H3/t15-/m1/s1. The maximum absolute atomic E-state index is 9.82. The Morgan fingerprint density at radius 3 is 2.15 bits per heavy atom. The summed E-state index contributed by atoms with van der Waals surface area (Å²) in [7, 11) is 0. The molecule has 0 saturated heterocycles. The van der Waals surface area contributed by atoms with Crippen LogP contribution in [0.3, 0.4) is 0 Å². The van der Waals surface area contributed by atoms with E-state index in [0.717, 1.165) is 6.42 Å². The van der Waals surface area contributed by atoms with Gasteiger partial charge in [0.25, 0.3) is 0 Å². The molecule has 20 heavy (non-hydrogen) atoms. The fourth-order valence-corrected chi connectivity index (χ4v) is 2.13. The fraction of sp³-hybridized carbons (Fsp3) is 1.00. The molecule has 0 radical (unpaired) electrons. The zero-order chi connectivity index (χ0) is 15.1. The smallest absolute Gasteiger partial charge is 0.0900 e. The molecule has 0 aliphatic rings. The molecule has 0 aromatic rings. The van der Waals surface area contributed by atoms with Gasteiger partial charge in [-0.1, -0.05) is 39.0 Å². The molecule has 0 spiro atoms. The molecule has 0 aliphatic heterocycles. The zero-order valence-electron chi connectivity index (χ0n) is 13.0. The number of aliphatic hydroxyl groups excluding tert-OH is 3. The Kier molecular flexibility index (Phi) is 15.0. The quantitative estimate of drug-likeness (QED) is 0.393. The minimum Gasteiger partial charge on any atom is -0.395 e. The van der Waals surface area contributed by atoms with Crippen LogP contribution in [0.15, 0.2) is 0 Å². The number of nitrogens with zero attached hydrogens (tertiary/aromatic N) is 1. The number of unbranched alkanes of at least 4 members (excludes halogenated alkanes) is 5. The van der Waals surface area contributed by atoms with Gasteiger partial charge in [0, 0.05) is 26.2 Å². The molecular weight excluding hydrogens is 258 g/mol. The monoisotopic (exact) mass is 291 g/mol. The largest absolute Gasteiger partial charge is 0.395 e. The first-order chi connectivity index (χ1) is 9.74. The van der Waals surface area contributed by atoms with Crippen molar-refractivity contribution in [2.75, 3.05) is 46.1 Å². The highest BCUT2D eigenvalue weighted by molar-refractivity contribution is 4.63. The van der Waals surface area contributed by atoms with Crippen molar-refractivity contribution in [1.29, 1.82) is 0 Å². The van der Waals surface area contributed by atoms with Gasteiger partial charge >= 0.3 is 0 Å². The van der Waals surface area contributed by atoms with Crippen LogP contribution in [-0.4, -0.2) is 72.4 Å². The predicted molar refractivity (Wildman–Crippen MR) is 80.8 cm³/mol. The molecule has 3 N–H and O–H groups in total. The maximum Gasteiger partial charge on any atom is 0.0900 e. The molecule has 0 amide bonds. The third-order valence-corrected chi connectivity index (χ3v) is 3.25. The van der Waals surface area contributed by atoms with E-state index < -0.39 is 6.10 Å². The van der Waals surface area contributed by atoms with Crippen LogP contribution in [0.2, 0.25) is 0 Å². The lowest BCUT2D eigenvalue weighted by Crippen LogP contribution is -2.38. The van der Waals surface area contributed by atoms with Crippen LogP contribution in [0.1, 0.15) is 45.4 Å². The fourth-order valence-electron chi connectivity index (χ4n) is 2.13. The third-order valence-electron chi connectivity index (χ3n) is 3.25. The number of rotatable bonds is 15. The minimum atomic E-state index is -0.562. The summed E-state index contributed by atoms with van der Waals surface area (Å²) >= 11 is 0. The van der Waals surface area contributed by atoms with Crippen LogP contribution in [0.5, 0.6) is 0 Å². The molecule has 5 nitrogen and oxygen atoms in total. The van der Waals surface area contributed by atoms with E-state index in [1.54, 1.807) is 0 Å². The molecule has 5 heteroatoms. The van der Waals surface area contributed by atoms with Gasteiger partial charge in [-0.05, 0) is 6.42 Å². The maximum atomic E-state index is 9.82. The summed E-state index contributed by atoms with van der Waals surface area (Å²) in [5.74, 6) is 0. The Balaban J connectivity index is 3.44. The molecular formula is C15H33NO4. The number of ether oxygens (including phenoxy) is 1. The van der Waals surface area contributed by atoms with Gasteiger partial charge in [-0.2, -0.15) is 0 Å². The van der Waals surface area contributed by atoms with Crippen molar-refractivity contribution in [2.24, 2.45) is 0 Å². The first-order valence-electron chi connectivity index (χ1n) is 7.94. The van der Waals surface area contributed by atoms with Crippen molar-refractivity contribution >= 4 is 0 Å². The Bertz CT molecular complexity index is 187. The first-order valence-corrected chi connectivity index (χ1v) is 7.94. The van der Waals surface area contributed by atoms with Crippen molar-refractivity contribution in [3.8, 4) is 0 Å². The highest BCUT2D eigenvalue weighted by Gasteiger charge is 2.11. The molecule has 122 valence electrons. The lowest BCUT2D eigenvalue weighted by molar-refractivity contribution is 0.0103. The van der Waals surface area contributed by atoms with Crippen LogP contribution in [0.25, 0.3) is 0 Å².